The van der Waals surface area contributed by atoms with Gasteiger partial charge < -0.3 is 25.7 Å². The molecule has 0 aliphatic heterocycles. The number of nitrogen functional groups attached to an aromatic ring is 2. The van der Waals surface area contributed by atoms with Crippen molar-refractivity contribution < 1.29 is 41.0 Å². The Bertz CT molecular complexity index is 1590. The fraction of sp³-hybridized carbons (Fsp3) is 0.270. The highest BCUT2D eigenvalue weighted by Gasteiger charge is 2.34. The van der Waals surface area contributed by atoms with Gasteiger partial charge in [0.25, 0.3) is 0 Å². The molecule has 0 saturated heterocycles. The first-order valence-corrected chi connectivity index (χ1v) is 15.2. The zero-order valence-corrected chi connectivity index (χ0v) is 26.3. The summed E-state index contributed by atoms with van der Waals surface area (Å²) in [6.45, 7) is 1.99. The lowest BCUT2D eigenvalue weighted by atomic mass is 9.79. The van der Waals surface area contributed by atoms with Crippen molar-refractivity contribution in [2.45, 2.75) is 44.9 Å². The number of carbonyl (C=O) groups is 1. The highest BCUT2D eigenvalue weighted by Crippen LogP contribution is 2.33. The lowest BCUT2D eigenvalue weighted by molar-refractivity contribution is -0.185. The second kappa shape index (κ2) is 15.7. The summed E-state index contributed by atoms with van der Waals surface area (Å²) in [5, 5.41) is 0. The number of esters is 1. The zero-order chi connectivity index (χ0) is 34.8. The minimum absolute atomic E-state index is 0.124. The van der Waals surface area contributed by atoms with Crippen LogP contribution >= 0.6 is 0 Å². The minimum Gasteiger partial charge on any atom is -0.494 e. The monoisotopic (exact) mass is 668 g/mol. The number of hydrogen-bond acceptors (Lipinski definition) is 6. The maximum absolute atomic E-state index is 14.8. The van der Waals surface area contributed by atoms with Gasteiger partial charge in [-0.15, -0.1) is 0 Å². The van der Waals surface area contributed by atoms with Crippen molar-refractivity contribution in [1.82, 2.24) is 0 Å². The molecule has 4 aromatic carbocycles. The summed E-state index contributed by atoms with van der Waals surface area (Å²) >= 11 is 0. The molecule has 0 aliphatic rings. The molecule has 0 aliphatic carbocycles. The van der Waals surface area contributed by atoms with E-state index in [-0.39, 0.29) is 31.1 Å². The Labute approximate surface area is 276 Å². The maximum atomic E-state index is 14.8. The summed E-state index contributed by atoms with van der Waals surface area (Å²) < 4.78 is 82.2. The smallest absolute Gasteiger partial charge is 0.426 e. The van der Waals surface area contributed by atoms with E-state index in [4.69, 9.17) is 25.7 Å². The fourth-order valence-corrected chi connectivity index (χ4v) is 4.94. The lowest BCUT2D eigenvalue weighted by Gasteiger charge is -2.29. The Kier molecular flexibility index (Phi) is 11.7. The molecule has 0 fully saturated rings. The molecular weight excluding hydrogens is 631 g/mol. The molecule has 0 spiro atoms. The third-order valence-corrected chi connectivity index (χ3v) is 7.39. The van der Waals surface area contributed by atoms with Gasteiger partial charge in [-0.25, -0.2) is 4.79 Å². The van der Waals surface area contributed by atoms with Crippen molar-refractivity contribution in [2.75, 3.05) is 24.7 Å². The topological polar surface area (TPSA) is 96.8 Å². The largest absolute Gasteiger partial charge is 0.494 e. The van der Waals surface area contributed by atoms with E-state index in [1.807, 2.05) is 55.5 Å². The molecule has 48 heavy (non-hydrogen) atoms. The number of carbonyl (C=O) groups excluding carboxylic acids is 1. The summed E-state index contributed by atoms with van der Waals surface area (Å²) in [6.07, 6.45) is -5.20. The Hall–Kier alpha value is -5.06. The Morgan fingerprint density at radius 1 is 0.729 bits per heavy atom. The highest BCUT2D eigenvalue weighted by molar-refractivity contribution is 5.87. The van der Waals surface area contributed by atoms with Crippen LogP contribution in [0.5, 0.6) is 11.5 Å². The SMILES string of the molecule is CC(COC(=O)C=Cc1ccc(C(F)(F)Oc2ccc(OCCCC(F)(F)F)cc2)cc1)(Cc1ccc(N)cc1)Cc1ccc(N)cc1. The maximum Gasteiger partial charge on any atom is 0.426 e. The molecule has 11 heteroatoms. The van der Waals surface area contributed by atoms with Crippen molar-refractivity contribution in [3.8, 4) is 11.5 Å². The highest BCUT2D eigenvalue weighted by atomic mass is 19.4. The van der Waals surface area contributed by atoms with Gasteiger partial charge in [-0.3, -0.25) is 0 Å². The second-order valence-electron chi connectivity index (χ2n) is 11.9. The van der Waals surface area contributed by atoms with Crippen molar-refractivity contribution in [1.29, 1.82) is 0 Å². The van der Waals surface area contributed by atoms with Gasteiger partial charge in [0.05, 0.1) is 18.8 Å². The summed E-state index contributed by atoms with van der Waals surface area (Å²) in [5.74, 6) is -0.508. The number of rotatable bonds is 15. The van der Waals surface area contributed by atoms with Crippen LogP contribution < -0.4 is 20.9 Å². The molecule has 0 heterocycles. The van der Waals surface area contributed by atoms with Crippen LogP contribution in [0.15, 0.2) is 103 Å². The third kappa shape index (κ3) is 11.6. The first-order chi connectivity index (χ1) is 22.7. The number of anilines is 2. The summed E-state index contributed by atoms with van der Waals surface area (Å²) in [4.78, 5) is 12.7. The van der Waals surface area contributed by atoms with E-state index >= 15 is 0 Å². The van der Waals surface area contributed by atoms with E-state index in [9.17, 15) is 26.7 Å². The average Bonchev–Trinajstić information content (AvgIpc) is 3.04. The number of nitrogens with two attached hydrogens (primary N) is 2. The molecule has 4 N–H and O–H groups in total. The molecule has 0 aromatic heterocycles. The molecule has 0 radical (unpaired) electrons. The van der Waals surface area contributed by atoms with Gasteiger partial charge in [0.15, 0.2) is 0 Å². The summed E-state index contributed by atoms with van der Waals surface area (Å²) in [5.41, 5.74) is 14.7. The van der Waals surface area contributed by atoms with Gasteiger partial charge in [0.1, 0.15) is 11.5 Å². The lowest BCUT2D eigenvalue weighted by Crippen LogP contribution is -2.30. The molecule has 0 saturated carbocycles. The van der Waals surface area contributed by atoms with Crippen LogP contribution in [0.2, 0.25) is 0 Å². The standard InChI is InChI=1S/C37H37F5N2O4/c1-35(23-27-5-12-30(43)13-6-27,24-28-7-14-31(44)15-8-28)25-47-34(45)20-9-26-3-10-29(11-4-26)37(41,42)48-33-18-16-32(17-19-33)46-22-2-21-36(38,39)40/h3-20H,2,21-25,43-44H2,1H3. The first-order valence-electron chi connectivity index (χ1n) is 15.2. The van der Waals surface area contributed by atoms with E-state index in [1.165, 1.54) is 60.7 Å². The van der Waals surface area contributed by atoms with E-state index in [2.05, 4.69) is 0 Å². The van der Waals surface area contributed by atoms with Crippen LogP contribution in [0.3, 0.4) is 0 Å². The number of halogens is 5. The van der Waals surface area contributed by atoms with E-state index < -0.39 is 35.7 Å². The Morgan fingerprint density at radius 2 is 1.25 bits per heavy atom. The number of hydrogen-bond donors (Lipinski definition) is 2. The van der Waals surface area contributed by atoms with Crippen LogP contribution in [0.1, 0.15) is 42.0 Å². The normalized spacial score (nSPS) is 12.2. The molecule has 0 amide bonds. The van der Waals surface area contributed by atoms with E-state index in [0.29, 0.717) is 29.8 Å². The van der Waals surface area contributed by atoms with Gasteiger partial charge in [-0.1, -0.05) is 43.3 Å². The predicted molar refractivity (Wildman–Crippen MR) is 175 cm³/mol. The van der Waals surface area contributed by atoms with Crippen LogP contribution in [0.25, 0.3) is 6.08 Å². The Balaban J connectivity index is 1.31. The predicted octanol–water partition coefficient (Wildman–Crippen LogP) is 8.75. The second-order valence-corrected chi connectivity index (χ2v) is 11.9. The summed E-state index contributed by atoms with van der Waals surface area (Å²) in [6, 6.07) is 25.4. The van der Waals surface area contributed by atoms with Gasteiger partial charge in [0.2, 0.25) is 0 Å². The first kappa shape index (κ1) is 35.8. The molecule has 6 nitrogen and oxygen atoms in total. The van der Waals surface area contributed by atoms with Crippen LogP contribution in [-0.2, 0) is 28.5 Å². The molecule has 0 atom stereocenters. The minimum atomic E-state index is -4.27. The van der Waals surface area contributed by atoms with Crippen molar-refractivity contribution >= 4 is 23.4 Å². The zero-order valence-electron chi connectivity index (χ0n) is 26.3. The number of alkyl halides is 5. The number of benzene rings is 4. The molecule has 0 bridgehead atoms. The molecule has 254 valence electrons. The summed E-state index contributed by atoms with van der Waals surface area (Å²) in [7, 11) is 0. The van der Waals surface area contributed by atoms with Crippen LogP contribution in [-0.4, -0.2) is 25.4 Å². The van der Waals surface area contributed by atoms with Crippen molar-refractivity contribution in [3.05, 3.63) is 125 Å². The van der Waals surface area contributed by atoms with Crippen LogP contribution in [0.4, 0.5) is 33.3 Å². The van der Waals surface area contributed by atoms with E-state index in [0.717, 1.165) is 11.1 Å². The molecule has 4 rings (SSSR count). The Morgan fingerprint density at radius 3 is 1.77 bits per heavy atom. The quantitative estimate of drug-likeness (QED) is 0.0433. The van der Waals surface area contributed by atoms with Crippen molar-refractivity contribution in [2.24, 2.45) is 5.41 Å². The fourth-order valence-electron chi connectivity index (χ4n) is 4.94. The molecule has 4 aromatic rings. The van der Waals surface area contributed by atoms with Gasteiger partial charge in [0, 0.05) is 29.3 Å². The van der Waals surface area contributed by atoms with Gasteiger partial charge in [-0.05, 0) is 103 Å². The van der Waals surface area contributed by atoms with Crippen LogP contribution in [0, 0.1) is 5.41 Å². The number of ether oxygens (including phenoxy) is 3. The van der Waals surface area contributed by atoms with Gasteiger partial charge in [-0.2, -0.15) is 22.0 Å². The third-order valence-electron chi connectivity index (χ3n) is 7.39. The average molecular weight is 669 g/mol. The molecule has 0 unspecified atom stereocenters. The van der Waals surface area contributed by atoms with Crippen molar-refractivity contribution in [3.63, 3.8) is 0 Å². The van der Waals surface area contributed by atoms with E-state index in [1.54, 1.807) is 0 Å². The molecular formula is C37H37F5N2O4. The van der Waals surface area contributed by atoms with Gasteiger partial charge >= 0.3 is 18.3 Å².